The van der Waals surface area contributed by atoms with Gasteiger partial charge in [0.15, 0.2) is 0 Å². The zero-order valence-electron chi connectivity index (χ0n) is 11.1. The molecule has 0 bridgehead atoms. The summed E-state index contributed by atoms with van der Waals surface area (Å²) in [5.74, 6) is 4.84. The van der Waals surface area contributed by atoms with Crippen LogP contribution in [0.5, 0.6) is 0 Å². The molecule has 1 amide bonds. The van der Waals surface area contributed by atoms with Gasteiger partial charge in [0.25, 0.3) is 11.6 Å². The maximum absolute atomic E-state index is 11.3. The number of nitro benzene ring substituents is 1. The molecule has 2 rings (SSSR count). The highest BCUT2D eigenvalue weighted by atomic mass is 16.6. The van der Waals surface area contributed by atoms with Gasteiger partial charge in [0.05, 0.1) is 4.92 Å². The van der Waals surface area contributed by atoms with Crippen LogP contribution in [0.3, 0.4) is 0 Å². The molecule has 22 heavy (non-hydrogen) atoms. The van der Waals surface area contributed by atoms with Gasteiger partial charge in [-0.3, -0.25) is 20.3 Å². The highest BCUT2D eigenvalue weighted by Crippen LogP contribution is 2.26. The summed E-state index contributed by atoms with van der Waals surface area (Å²) in [5, 5.41) is 19.6. The molecule has 0 aliphatic carbocycles. The lowest BCUT2D eigenvalue weighted by atomic mass is 10.1. The number of carbonyl (C=O) groups excluding carboxylic acids is 1. The number of hydrogen-bond donors (Lipinski definition) is 2. The van der Waals surface area contributed by atoms with Crippen molar-refractivity contribution in [2.45, 2.75) is 0 Å². The standard InChI is InChI=1S/C14H10N4O4/c15-8-10(14(19)17-16)7-12-4-5-13(22-12)9-2-1-3-11(6-9)18(20)21/h1-7H,16H2,(H,17,19)/b10-7+. The molecule has 0 saturated heterocycles. The fourth-order valence-corrected chi connectivity index (χ4v) is 1.73. The number of nitrogens with one attached hydrogen (secondary N) is 1. The van der Waals surface area contributed by atoms with Crippen LogP contribution in [-0.4, -0.2) is 10.8 Å². The number of non-ortho nitro benzene ring substituents is 1. The molecule has 2 aromatic rings. The Morgan fingerprint density at radius 3 is 2.82 bits per heavy atom. The van der Waals surface area contributed by atoms with E-state index >= 15 is 0 Å². The molecular formula is C14H10N4O4. The van der Waals surface area contributed by atoms with Crippen LogP contribution in [0.2, 0.25) is 0 Å². The minimum Gasteiger partial charge on any atom is -0.457 e. The molecule has 0 fully saturated rings. The Bertz CT molecular complexity index is 801. The van der Waals surface area contributed by atoms with Crippen molar-refractivity contribution in [3.8, 4) is 17.4 Å². The molecule has 0 atom stereocenters. The summed E-state index contributed by atoms with van der Waals surface area (Å²) < 4.78 is 5.46. The van der Waals surface area contributed by atoms with Crippen LogP contribution in [0.25, 0.3) is 17.4 Å². The summed E-state index contributed by atoms with van der Waals surface area (Å²) in [6, 6.07) is 10.7. The van der Waals surface area contributed by atoms with Crippen molar-refractivity contribution in [2.24, 2.45) is 5.84 Å². The lowest BCUT2D eigenvalue weighted by Gasteiger charge is -1.97. The van der Waals surface area contributed by atoms with Gasteiger partial charge in [-0.25, -0.2) is 5.84 Å². The molecule has 0 saturated carbocycles. The van der Waals surface area contributed by atoms with Crippen LogP contribution >= 0.6 is 0 Å². The Balaban J connectivity index is 2.34. The Labute approximate surface area is 124 Å². The van der Waals surface area contributed by atoms with Crippen LogP contribution in [0.15, 0.2) is 46.4 Å². The summed E-state index contributed by atoms with van der Waals surface area (Å²) in [4.78, 5) is 21.5. The molecule has 8 heteroatoms. The number of nitriles is 1. The van der Waals surface area contributed by atoms with E-state index in [1.54, 1.807) is 18.2 Å². The average Bonchev–Trinajstić information content (AvgIpc) is 3.00. The molecule has 1 heterocycles. The van der Waals surface area contributed by atoms with Gasteiger partial charge in [-0.15, -0.1) is 0 Å². The second kappa shape index (κ2) is 6.34. The number of furan rings is 1. The molecule has 0 spiro atoms. The average molecular weight is 298 g/mol. The number of nitrogens with two attached hydrogens (primary N) is 1. The molecule has 0 unspecified atom stereocenters. The first-order chi connectivity index (χ1) is 10.5. The smallest absolute Gasteiger partial charge is 0.275 e. The van der Waals surface area contributed by atoms with Gasteiger partial charge in [-0.05, 0) is 12.1 Å². The normalized spacial score (nSPS) is 10.8. The van der Waals surface area contributed by atoms with Crippen LogP contribution in [-0.2, 0) is 4.79 Å². The quantitative estimate of drug-likeness (QED) is 0.220. The van der Waals surface area contributed by atoms with Crippen LogP contribution < -0.4 is 11.3 Å². The van der Waals surface area contributed by atoms with Crippen LogP contribution in [0, 0.1) is 21.4 Å². The topological polar surface area (TPSA) is 135 Å². The third-order valence-electron chi connectivity index (χ3n) is 2.75. The molecule has 1 aromatic carbocycles. The molecule has 3 N–H and O–H groups in total. The van der Waals surface area contributed by atoms with Crippen molar-refractivity contribution < 1.29 is 14.1 Å². The van der Waals surface area contributed by atoms with E-state index in [0.29, 0.717) is 11.3 Å². The molecule has 0 aliphatic heterocycles. The highest BCUT2D eigenvalue weighted by Gasteiger charge is 2.11. The lowest BCUT2D eigenvalue weighted by molar-refractivity contribution is -0.384. The number of hydrazine groups is 1. The minimum absolute atomic E-state index is 0.0637. The largest absolute Gasteiger partial charge is 0.457 e. The fraction of sp³-hybridized carbons (Fsp3) is 0. The van der Waals surface area contributed by atoms with Crippen molar-refractivity contribution >= 4 is 17.7 Å². The van der Waals surface area contributed by atoms with E-state index in [1.807, 2.05) is 5.43 Å². The third-order valence-corrected chi connectivity index (χ3v) is 2.75. The summed E-state index contributed by atoms with van der Waals surface area (Å²) in [7, 11) is 0. The zero-order chi connectivity index (χ0) is 16.1. The highest BCUT2D eigenvalue weighted by molar-refractivity contribution is 6.01. The maximum Gasteiger partial charge on any atom is 0.275 e. The number of hydrogen-bond acceptors (Lipinski definition) is 6. The Kier molecular flexibility index (Phi) is 4.31. The summed E-state index contributed by atoms with van der Waals surface area (Å²) in [6.07, 6.45) is 1.23. The Morgan fingerprint density at radius 2 is 2.18 bits per heavy atom. The monoisotopic (exact) mass is 298 g/mol. The van der Waals surface area contributed by atoms with Crippen molar-refractivity contribution in [1.82, 2.24) is 5.43 Å². The van der Waals surface area contributed by atoms with Gasteiger partial charge in [0.2, 0.25) is 0 Å². The Morgan fingerprint density at radius 1 is 1.41 bits per heavy atom. The van der Waals surface area contributed by atoms with Crippen molar-refractivity contribution in [3.05, 3.63) is 57.8 Å². The van der Waals surface area contributed by atoms with Crippen LogP contribution in [0.1, 0.15) is 5.76 Å². The summed E-state index contributed by atoms with van der Waals surface area (Å²) in [5.41, 5.74) is 2.07. The maximum atomic E-state index is 11.3. The van der Waals surface area contributed by atoms with Gasteiger partial charge in [0.1, 0.15) is 23.2 Å². The van der Waals surface area contributed by atoms with E-state index in [-0.39, 0.29) is 17.0 Å². The minimum atomic E-state index is -0.740. The number of carbonyl (C=O) groups is 1. The van der Waals surface area contributed by atoms with Crippen molar-refractivity contribution in [3.63, 3.8) is 0 Å². The molecule has 0 radical (unpaired) electrons. The second-order valence-corrected chi connectivity index (χ2v) is 4.15. The van der Waals surface area contributed by atoms with Crippen LogP contribution in [0.4, 0.5) is 5.69 Å². The first-order valence-electron chi connectivity index (χ1n) is 6.02. The van der Waals surface area contributed by atoms with Crippen molar-refractivity contribution in [2.75, 3.05) is 0 Å². The van der Waals surface area contributed by atoms with E-state index in [9.17, 15) is 14.9 Å². The molecular weight excluding hydrogens is 288 g/mol. The molecule has 0 aliphatic rings. The number of nitrogens with zero attached hydrogens (tertiary/aromatic N) is 2. The number of nitro groups is 1. The van der Waals surface area contributed by atoms with E-state index in [0.717, 1.165) is 0 Å². The predicted molar refractivity (Wildman–Crippen MR) is 76.7 cm³/mol. The molecule has 1 aromatic heterocycles. The van der Waals surface area contributed by atoms with Gasteiger partial charge >= 0.3 is 0 Å². The van der Waals surface area contributed by atoms with Gasteiger partial charge < -0.3 is 4.42 Å². The Hall–Kier alpha value is -3.44. The fourth-order valence-electron chi connectivity index (χ4n) is 1.73. The third kappa shape index (κ3) is 3.17. The first kappa shape index (κ1) is 15.0. The second-order valence-electron chi connectivity index (χ2n) is 4.15. The number of rotatable bonds is 4. The molecule has 110 valence electrons. The number of amides is 1. The van der Waals surface area contributed by atoms with E-state index in [1.165, 1.54) is 30.3 Å². The van der Waals surface area contributed by atoms with Gasteiger partial charge in [0, 0.05) is 23.8 Å². The summed E-state index contributed by atoms with van der Waals surface area (Å²) in [6.45, 7) is 0. The van der Waals surface area contributed by atoms with E-state index < -0.39 is 10.8 Å². The molecule has 8 nitrogen and oxygen atoms in total. The first-order valence-corrected chi connectivity index (χ1v) is 6.02. The van der Waals surface area contributed by atoms with Gasteiger partial charge in [-0.2, -0.15) is 5.26 Å². The van der Waals surface area contributed by atoms with Gasteiger partial charge in [-0.1, -0.05) is 12.1 Å². The number of benzene rings is 1. The predicted octanol–water partition coefficient (Wildman–Crippen LogP) is 1.75. The zero-order valence-corrected chi connectivity index (χ0v) is 11.1. The van der Waals surface area contributed by atoms with E-state index in [2.05, 4.69) is 0 Å². The summed E-state index contributed by atoms with van der Waals surface area (Å²) >= 11 is 0. The SMILES string of the molecule is N#C/C(=C\c1ccc(-c2cccc([N+](=O)[O-])c2)o1)C(=O)NN. The lowest BCUT2D eigenvalue weighted by Crippen LogP contribution is -2.30. The van der Waals surface area contributed by atoms with Crippen molar-refractivity contribution in [1.29, 1.82) is 5.26 Å². The van der Waals surface area contributed by atoms with E-state index in [4.69, 9.17) is 15.5 Å².